The Balaban J connectivity index is 0.00000280. The van der Waals surface area contributed by atoms with Gasteiger partial charge in [-0.15, -0.1) is 23.7 Å². The number of carbonyl (C=O) groups is 2. The van der Waals surface area contributed by atoms with Crippen molar-refractivity contribution in [1.82, 2.24) is 10.3 Å². The first kappa shape index (κ1) is 21.6. The lowest BCUT2D eigenvalue weighted by atomic mass is 10.0. The van der Waals surface area contributed by atoms with Gasteiger partial charge in [-0.3, -0.25) is 15.0 Å². The Morgan fingerprint density at radius 1 is 1.43 bits per heavy atom. The predicted octanol–water partition coefficient (Wildman–Crippen LogP) is 2.00. The van der Waals surface area contributed by atoms with Gasteiger partial charge in [0, 0.05) is 29.1 Å². The van der Waals surface area contributed by atoms with Crippen LogP contribution in [0.1, 0.15) is 18.4 Å². The van der Waals surface area contributed by atoms with Crippen molar-refractivity contribution in [3.05, 3.63) is 35.2 Å². The van der Waals surface area contributed by atoms with Crippen LogP contribution >= 0.6 is 23.7 Å². The highest BCUT2D eigenvalue weighted by atomic mass is 35.5. The molecule has 2 atom stereocenters. The summed E-state index contributed by atoms with van der Waals surface area (Å²) in [5, 5.41) is 16.3. The summed E-state index contributed by atoms with van der Waals surface area (Å²) < 4.78 is 4.63. The van der Waals surface area contributed by atoms with Crippen molar-refractivity contribution in [1.29, 1.82) is 5.41 Å². The average molecular weight is 424 g/mol. The number of hydrogen-bond acceptors (Lipinski definition) is 7. The van der Waals surface area contributed by atoms with Crippen LogP contribution in [0.3, 0.4) is 0 Å². The minimum Gasteiger partial charge on any atom is -0.469 e. The van der Waals surface area contributed by atoms with Crippen molar-refractivity contribution in [2.24, 2.45) is 11.7 Å². The molecule has 0 saturated carbocycles. The van der Waals surface area contributed by atoms with Gasteiger partial charge >= 0.3 is 5.97 Å². The predicted molar refractivity (Wildman–Crippen MR) is 111 cm³/mol. The van der Waals surface area contributed by atoms with E-state index in [0.717, 1.165) is 16.4 Å². The molecule has 1 aromatic heterocycles. The zero-order valence-corrected chi connectivity index (χ0v) is 16.9. The molecule has 1 fully saturated rings. The molecule has 0 radical (unpaired) electrons. The number of rotatable bonds is 7. The van der Waals surface area contributed by atoms with Gasteiger partial charge in [-0.25, -0.2) is 4.98 Å². The van der Waals surface area contributed by atoms with Crippen LogP contribution in [0.25, 0.3) is 11.3 Å². The highest BCUT2D eigenvalue weighted by Gasteiger charge is 2.33. The summed E-state index contributed by atoms with van der Waals surface area (Å²) in [7, 11) is 1.32. The van der Waals surface area contributed by atoms with Gasteiger partial charge in [-0.2, -0.15) is 0 Å². The first-order valence-electron chi connectivity index (χ1n) is 8.47. The standard InChI is InChI=1S/C18H21N5O3S.ClH/c1-26-15(24)7-12-6-13(22-17(12)25)8-21-18-23-14(9-27-18)10-2-4-11(5-3-10)16(19)20;/h2-5,9,12-13H,6-8H2,1H3,(H3,19,20)(H,21,23)(H,22,25);1H/t12-,13-;/m0./s1. The summed E-state index contributed by atoms with van der Waals surface area (Å²) in [5.74, 6) is -0.788. The second-order valence-electron chi connectivity index (χ2n) is 6.33. The highest BCUT2D eigenvalue weighted by molar-refractivity contribution is 7.14. The van der Waals surface area contributed by atoms with E-state index in [0.29, 0.717) is 18.5 Å². The van der Waals surface area contributed by atoms with E-state index in [4.69, 9.17) is 11.1 Å². The average Bonchev–Trinajstić information content (AvgIpc) is 3.27. The number of ether oxygens (including phenoxy) is 1. The highest BCUT2D eigenvalue weighted by Crippen LogP contribution is 2.26. The van der Waals surface area contributed by atoms with Gasteiger partial charge in [-0.05, 0) is 6.42 Å². The van der Waals surface area contributed by atoms with Crippen molar-refractivity contribution in [3.63, 3.8) is 0 Å². The summed E-state index contributed by atoms with van der Waals surface area (Å²) in [6, 6.07) is 7.29. The number of nitrogens with zero attached hydrogens (tertiary/aromatic N) is 1. The van der Waals surface area contributed by atoms with Gasteiger partial charge < -0.3 is 21.1 Å². The number of amides is 1. The molecular formula is C18H22ClN5O3S. The number of amidine groups is 1. The first-order valence-corrected chi connectivity index (χ1v) is 9.35. The van der Waals surface area contributed by atoms with Crippen LogP contribution in [0.2, 0.25) is 0 Å². The number of aromatic nitrogens is 1. The Morgan fingerprint density at radius 3 is 2.79 bits per heavy atom. The molecular weight excluding hydrogens is 402 g/mol. The SMILES string of the molecule is COC(=O)C[C@@H]1C[C@@H](CNc2nc(-c3ccc(C(=N)N)cc3)cs2)NC1=O.Cl. The fourth-order valence-electron chi connectivity index (χ4n) is 2.94. The Hall–Kier alpha value is -2.65. The molecule has 28 heavy (non-hydrogen) atoms. The van der Waals surface area contributed by atoms with Gasteiger partial charge in [0.1, 0.15) is 5.84 Å². The molecule has 10 heteroatoms. The monoisotopic (exact) mass is 423 g/mol. The summed E-state index contributed by atoms with van der Waals surface area (Å²) in [4.78, 5) is 27.8. The Morgan fingerprint density at radius 2 is 2.14 bits per heavy atom. The van der Waals surface area contributed by atoms with Crippen LogP contribution in [0.5, 0.6) is 0 Å². The van der Waals surface area contributed by atoms with Gasteiger partial charge in [-0.1, -0.05) is 24.3 Å². The second kappa shape index (κ2) is 9.52. The third kappa shape index (κ3) is 5.20. The first-order chi connectivity index (χ1) is 13.0. The van der Waals surface area contributed by atoms with Crippen LogP contribution < -0.4 is 16.4 Å². The molecule has 2 aromatic rings. The summed E-state index contributed by atoms with van der Waals surface area (Å²) in [5.41, 5.74) is 7.91. The fraction of sp³-hybridized carbons (Fsp3) is 0.333. The minimum atomic E-state index is -0.371. The second-order valence-corrected chi connectivity index (χ2v) is 7.19. The molecule has 2 heterocycles. The van der Waals surface area contributed by atoms with E-state index in [9.17, 15) is 9.59 Å². The van der Waals surface area contributed by atoms with Gasteiger partial charge in [0.15, 0.2) is 5.13 Å². The molecule has 0 unspecified atom stereocenters. The molecule has 0 bridgehead atoms. The summed E-state index contributed by atoms with van der Waals surface area (Å²) >= 11 is 1.48. The summed E-state index contributed by atoms with van der Waals surface area (Å²) in [6.07, 6.45) is 0.697. The van der Waals surface area contributed by atoms with E-state index >= 15 is 0 Å². The normalized spacial score (nSPS) is 18.1. The number of nitrogens with two attached hydrogens (primary N) is 1. The Labute approximate surface area is 172 Å². The number of anilines is 1. The number of halogens is 1. The smallest absolute Gasteiger partial charge is 0.306 e. The molecule has 1 aliphatic heterocycles. The third-order valence-corrected chi connectivity index (χ3v) is 5.22. The van der Waals surface area contributed by atoms with Crippen LogP contribution in [-0.2, 0) is 14.3 Å². The molecule has 1 aliphatic rings. The molecule has 5 N–H and O–H groups in total. The molecule has 1 saturated heterocycles. The lowest BCUT2D eigenvalue weighted by Crippen LogP contribution is -2.32. The van der Waals surface area contributed by atoms with E-state index in [1.165, 1.54) is 18.4 Å². The van der Waals surface area contributed by atoms with Crippen molar-refractivity contribution in [2.75, 3.05) is 19.0 Å². The quantitative estimate of drug-likeness (QED) is 0.306. The number of benzene rings is 1. The Kier molecular flexibility index (Phi) is 7.36. The lowest BCUT2D eigenvalue weighted by Gasteiger charge is -2.10. The molecule has 3 rings (SSSR count). The number of thiazole rings is 1. The molecule has 0 aliphatic carbocycles. The van der Waals surface area contributed by atoms with Crippen molar-refractivity contribution in [3.8, 4) is 11.3 Å². The maximum Gasteiger partial charge on any atom is 0.306 e. The number of esters is 1. The van der Waals surface area contributed by atoms with Crippen LogP contribution in [0.15, 0.2) is 29.6 Å². The molecule has 8 nitrogen and oxygen atoms in total. The number of carbonyl (C=O) groups excluding carboxylic acids is 2. The van der Waals surface area contributed by atoms with Crippen LogP contribution in [0, 0.1) is 11.3 Å². The van der Waals surface area contributed by atoms with Gasteiger partial charge in [0.25, 0.3) is 0 Å². The van der Waals surface area contributed by atoms with Crippen LogP contribution in [-0.4, -0.2) is 42.4 Å². The maximum absolute atomic E-state index is 11.9. The van der Waals surface area contributed by atoms with Crippen molar-refractivity contribution < 1.29 is 14.3 Å². The Bertz CT molecular complexity index is 855. The van der Waals surface area contributed by atoms with E-state index in [1.807, 2.05) is 17.5 Å². The van der Waals surface area contributed by atoms with Crippen molar-refractivity contribution >= 4 is 46.6 Å². The van der Waals surface area contributed by atoms with E-state index in [2.05, 4.69) is 20.4 Å². The van der Waals surface area contributed by atoms with E-state index in [-0.39, 0.29) is 48.5 Å². The van der Waals surface area contributed by atoms with Gasteiger partial charge in [0.05, 0.1) is 25.1 Å². The van der Waals surface area contributed by atoms with E-state index < -0.39 is 0 Å². The number of hydrogen-bond donors (Lipinski definition) is 4. The van der Waals surface area contributed by atoms with Gasteiger partial charge in [0.2, 0.25) is 5.91 Å². The van der Waals surface area contributed by atoms with Crippen molar-refractivity contribution in [2.45, 2.75) is 18.9 Å². The molecule has 1 aromatic carbocycles. The largest absolute Gasteiger partial charge is 0.469 e. The fourth-order valence-corrected chi connectivity index (χ4v) is 3.67. The third-order valence-electron chi connectivity index (χ3n) is 4.42. The molecule has 0 spiro atoms. The summed E-state index contributed by atoms with van der Waals surface area (Å²) in [6.45, 7) is 0.541. The molecule has 150 valence electrons. The zero-order valence-electron chi connectivity index (χ0n) is 15.2. The number of nitrogen functional groups attached to an aromatic ring is 1. The minimum absolute atomic E-state index is 0. The van der Waals surface area contributed by atoms with Crippen LogP contribution in [0.4, 0.5) is 5.13 Å². The topological polar surface area (TPSA) is 130 Å². The zero-order chi connectivity index (χ0) is 19.4. The lowest BCUT2D eigenvalue weighted by molar-refractivity contribution is -0.143. The maximum atomic E-state index is 11.9. The number of nitrogens with one attached hydrogen (secondary N) is 3. The molecule has 1 amide bonds. The number of methoxy groups -OCH3 is 1. The van der Waals surface area contributed by atoms with E-state index in [1.54, 1.807) is 12.1 Å².